The second-order valence-corrected chi connectivity index (χ2v) is 5.38. The number of phenolic OH excluding ortho intramolecular Hbond substituents is 1. The van der Waals surface area contributed by atoms with E-state index in [4.69, 9.17) is 11.6 Å². The molecule has 3 aromatic rings. The van der Waals surface area contributed by atoms with Crippen molar-refractivity contribution in [2.75, 3.05) is 4.90 Å². The molecule has 0 unspecified atom stereocenters. The van der Waals surface area contributed by atoms with Crippen molar-refractivity contribution in [3.05, 3.63) is 71.0 Å². The molecule has 2 N–H and O–H groups in total. The zero-order chi connectivity index (χ0) is 16.4. The molecule has 0 fully saturated rings. The van der Waals surface area contributed by atoms with E-state index >= 15 is 0 Å². The van der Waals surface area contributed by atoms with Gasteiger partial charge in [0.2, 0.25) is 0 Å². The highest BCUT2D eigenvalue weighted by Crippen LogP contribution is 2.30. The zero-order valence-electron chi connectivity index (χ0n) is 12.3. The lowest BCUT2D eigenvalue weighted by Crippen LogP contribution is -2.26. The topological polar surface area (TPSA) is 69.2 Å². The molecule has 0 aliphatic rings. The SMILES string of the molecule is Cc1[nH]nc(C(=O)N(c2ccccc2)c2ccc(O)cc2)c1Cl. The number of anilines is 2. The second kappa shape index (κ2) is 6.14. The monoisotopic (exact) mass is 327 g/mol. The Labute approximate surface area is 138 Å². The quantitative estimate of drug-likeness (QED) is 0.762. The maximum atomic E-state index is 13.0. The van der Waals surface area contributed by atoms with Crippen LogP contribution in [0.3, 0.4) is 0 Å². The number of para-hydroxylation sites is 1. The van der Waals surface area contributed by atoms with E-state index in [1.807, 2.05) is 30.3 Å². The predicted molar refractivity (Wildman–Crippen MR) is 89.4 cm³/mol. The lowest BCUT2D eigenvalue weighted by atomic mass is 10.2. The molecular weight excluding hydrogens is 314 g/mol. The molecule has 1 aromatic heterocycles. The summed E-state index contributed by atoms with van der Waals surface area (Å²) < 4.78 is 0. The molecule has 1 amide bonds. The predicted octanol–water partition coefficient (Wildman–Crippen LogP) is 4.06. The number of carbonyl (C=O) groups excluding carboxylic acids is 1. The van der Waals surface area contributed by atoms with Gasteiger partial charge < -0.3 is 5.11 Å². The van der Waals surface area contributed by atoms with Crippen LogP contribution in [0, 0.1) is 6.92 Å². The van der Waals surface area contributed by atoms with Crippen molar-refractivity contribution < 1.29 is 9.90 Å². The zero-order valence-corrected chi connectivity index (χ0v) is 13.1. The van der Waals surface area contributed by atoms with Gasteiger partial charge in [-0.2, -0.15) is 5.10 Å². The molecule has 0 bridgehead atoms. The molecule has 3 rings (SSSR count). The number of hydrogen-bond acceptors (Lipinski definition) is 3. The molecule has 1 heterocycles. The fraction of sp³-hybridized carbons (Fsp3) is 0.0588. The van der Waals surface area contributed by atoms with Gasteiger partial charge in [-0.25, -0.2) is 0 Å². The summed E-state index contributed by atoms with van der Waals surface area (Å²) in [5.41, 5.74) is 2.07. The summed E-state index contributed by atoms with van der Waals surface area (Å²) in [4.78, 5) is 14.5. The number of rotatable bonds is 3. The number of phenols is 1. The van der Waals surface area contributed by atoms with Crippen LogP contribution in [-0.4, -0.2) is 21.2 Å². The normalized spacial score (nSPS) is 10.5. The van der Waals surface area contributed by atoms with Crippen LogP contribution in [0.5, 0.6) is 5.75 Å². The molecular formula is C17H14ClN3O2. The van der Waals surface area contributed by atoms with Crippen molar-refractivity contribution in [1.29, 1.82) is 0 Å². The summed E-state index contributed by atoms with van der Waals surface area (Å²) in [6, 6.07) is 15.6. The molecule has 2 aromatic carbocycles. The minimum absolute atomic E-state index is 0.128. The van der Waals surface area contributed by atoms with Crippen molar-refractivity contribution in [1.82, 2.24) is 10.2 Å². The molecule has 0 saturated heterocycles. The Morgan fingerprint density at radius 1 is 1.09 bits per heavy atom. The van der Waals surface area contributed by atoms with E-state index in [0.717, 1.165) is 0 Å². The van der Waals surface area contributed by atoms with Gasteiger partial charge in [0, 0.05) is 11.4 Å². The van der Waals surface area contributed by atoms with Crippen LogP contribution in [-0.2, 0) is 0 Å². The number of aryl methyl sites for hydroxylation is 1. The van der Waals surface area contributed by atoms with Gasteiger partial charge in [-0.3, -0.25) is 14.8 Å². The number of H-pyrrole nitrogens is 1. The number of amides is 1. The number of aromatic amines is 1. The minimum Gasteiger partial charge on any atom is -0.508 e. The Morgan fingerprint density at radius 2 is 1.70 bits per heavy atom. The summed E-state index contributed by atoms with van der Waals surface area (Å²) in [6.07, 6.45) is 0. The molecule has 5 nitrogen and oxygen atoms in total. The molecule has 0 saturated carbocycles. The fourth-order valence-electron chi connectivity index (χ4n) is 2.23. The average Bonchev–Trinajstić information content (AvgIpc) is 2.90. The van der Waals surface area contributed by atoms with Gasteiger partial charge in [-0.05, 0) is 43.3 Å². The van der Waals surface area contributed by atoms with Gasteiger partial charge in [0.25, 0.3) is 5.91 Å². The lowest BCUT2D eigenvalue weighted by Gasteiger charge is -2.22. The maximum absolute atomic E-state index is 13.0. The lowest BCUT2D eigenvalue weighted by molar-refractivity contribution is 0.0994. The fourth-order valence-corrected chi connectivity index (χ4v) is 2.39. The number of aromatic nitrogens is 2. The van der Waals surface area contributed by atoms with Crippen LogP contribution in [0.1, 0.15) is 16.2 Å². The van der Waals surface area contributed by atoms with E-state index in [9.17, 15) is 9.90 Å². The Balaban J connectivity index is 2.10. The average molecular weight is 328 g/mol. The highest BCUT2D eigenvalue weighted by atomic mass is 35.5. The van der Waals surface area contributed by atoms with Gasteiger partial charge >= 0.3 is 0 Å². The van der Waals surface area contributed by atoms with Gasteiger partial charge in [0.1, 0.15) is 5.75 Å². The molecule has 0 radical (unpaired) electrons. The molecule has 0 spiro atoms. The van der Waals surface area contributed by atoms with Crippen LogP contribution in [0.15, 0.2) is 54.6 Å². The van der Waals surface area contributed by atoms with Gasteiger partial charge in [-0.15, -0.1) is 0 Å². The number of nitrogens with one attached hydrogen (secondary N) is 1. The Kier molecular flexibility index (Phi) is 4.04. The van der Waals surface area contributed by atoms with E-state index in [2.05, 4.69) is 10.2 Å². The van der Waals surface area contributed by atoms with Crippen molar-refractivity contribution in [2.24, 2.45) is 0 Å². The summed E-state index contributed by atoms with van der Waals surface area (Å²) >= 11 is 6.17. The first-order valence-corrected chi connectivity index (χ1v) is 7.34. The molecule has 0 aliphatic heterocycles. The molecule has 6 heteroatoms. The number of halogens is 1. The van der Waals surface area contributed by atoms with Crippen molar-refractivity contribution in [3.8, 4) is 5.75 Å². The number of nitrogens with zero attached hydrogens (tertiary/aromatic N) is 2. The number of benzene rings is 2. The van der Waals surface area contributed by atoms with Crippen LogP contribution >= 0.6 is 11.6 Å². The highest BCUT2D eigenvalue weighted by molar-refractivity contribution is 6.35. The van der Waals surface area contributed by atoms with E-state index < -0.39 is 0 Å². The Morgan fingerprint density at radius 3 is 2.26 bits per heavy atom. The smallest absolute Gasteiger partial charge is 0.284 e. The first-order valence-electron chi connectivity index (χ1n) is 6.97. The van der Waals surface area contributed by atoms with E-state index in [1.54, 1.807) is 19.1 Å². The third kappa shape index (κ3) is 2.91. The molecule has 0 atom stereocenters. The number of aromatic hydroxyl groups is 1. The van der Waals surface area contributed by atoms with E-state index in [-0.39, 0.29) is 17.4 Å². The molecule has 116 valence electrons. The van der Waals surface area contributed by atoms with Crippen molar-refractivity contribution in [2.45, 2.75) is 6.92 Å². The summed E-state index contributed by atoms with van der Waals surface area (Å²) in [6.45, 7) is 1.75. The third-order valence-corrected chi connectivity index (χ3v) is 3.86. The first-order chi connectivity index (χ1) is 11.1. The molecule has 23 heavy (non-hydrogen) atoms. The van der Waals surface area contributed by atoms with Crippen LogP contribution in [0.4, 0.5) is 11.4 Å². The standard InChI is InChI=1S/C17H14ClN3O2/c1-11-15(18)16(20-19-11)17(23)21(12-5-3-2-4-6-12)13-7-9-14(22)10-8-13/h2-10,22H,1H3,(H,19,20). The summed E-state index contributed by atoms with van der Waals surface area (Å²) in [5.74, 6) is -0.223. The summed E-state index contributed by atoms with van der Waals surface area (Å²) in [5, 5.41) is 16.5. The van der Waals surface area contributed by atoms with Crippen molar-refractivity contribution >= 4 is 28.9 Å². The highest BCUT2D eigenvalue weighted by Gasteiger charge is 2.25. The molecule has 0 aliphatic carbocycles. The van der Waals surface area contributed by atoms with Crippen molar-refractivity contribution in [3.63, 3.8) is 0 Å². The van der Waals surface area contributed by atoms with Gasteiger partial charge in [0.15, 0.2) is 5.69 Å². The number of hydrogen-bond donors (Lipinski definition) is 2. The first kappa shape index (κ1) is 15.1. The second-order valence-electron chi connectivity index (χ2n) is 5.00. The van der Waals surface area contributed by atoms with Crippen LogP contribution < -0.4 is 4.90 Å². The van der Waals surface area contributed by atoms with E-state index in [1.165, 1.54) is 17.0 Å². The minimum atomic E-state index is -0.351. The van der Waals surface area contributed by atoms with Crippen LogP contribution in [0.25, 0.3) is 0 Å². The van der Waals surface area contributed by atoms with Gasteiger partial charge in [-0.1, -0.05) is 29.8 Å². The Bertz CT molecular complexity index is 829. The van der Waals surface area contributed by atoms with E-state index in [0.29, 0.717) is 22.1 Å². The van der Waals surface area contributed by atoms with Crippen LogP contribution in [0.2, 0.25) is 5.02 Å². The third-order valence-electron chi connectivity index (χ3n) is 3.40. The van der Waals surface area contributed by atoms with Gasteiger partial charge in [0.05, 0.1) is 10.7 Å². The Hall–Kier alpha value is -2.79. The maximum Gasteiger partial charge on any atom is 0.284 e. The largest absolute Gasteiger partial charge is 0.508 e. The summed E-state index contributed by atoms with van der Waals surface area (Å²) in [7, 11) is 0. The number of carbonyl (C=O) groups is 1.